The fourth-order valence-electron chi connectivity index (χ4n) is 3.57. The molecule has 1 unspecified atom stereocenters. The lowest BCUT2D eigenvalue weighted by Crippen LogP contribution is -2.45. The molecule has 0 bridgehead atoms. The van der Waals surface area contributed by atoms with E-state index in [1.807, 2.05) is 30.3 Å². The molecule has 0 spiro atoms. The van der Waals surface area contributed by atoms with Gasteiger partial charge in [0.05, 0.1) is 13.5 Å². The predicted octanol–water partition coefficient (Wildman–Crippen LogP) is 4.23. The first-order valence-corrected chi connectivity index (χ1v) is 12.3. The van der Waals surface area contributed by atoms with Crippen molar-refractivity contribution in [2.75, 3.05) is 27.4 Å². The normalized spacial score (nSPS) is 11.1. The summed E-state index contributed by atoms with van der Waals surface area (Å²) < 4.78 is 20.9. The van der Waals surface area contributed by atoms with Gasteiger partial charge in [0, 0.05) is 19.0 Å². The van der Waals surface area contributed by atoms with E-state index in [-0.39, 0.29) is 31.8 Å². The molecule has 1 amide bonds. The summed E-state index contributed by atoms with van der Waals surface area (Å²) in [7, 11) is 3.00. The fraction of sp³-hybridized carbons (Fsp3) is 0.267. The Labute approximate surface area is 227 Å². The number of hydrogen-bond acceptors (Lipinski definition) is 8. The van der Waals surface area contributed by atoms with Crippen molar-refractivity contribution in [1.82, 2.24) is 4.90 Å². The van der Waals surface area contributed by atoms with Crippen LogP contribution in [0.5, 0.6) is 5.75 Å². The van der Waals surface area contributed by atoms with Crippen LogP contribution in [0.15, 0.2) is 84.9 Å². The number of nitrogens with zero attached hydrogens (tertiary/aromatic N) is 1. The quantitative estimate of drug-likeness (QED) is 0.182. The van der Waals surface area contributed by atoms with Crippen molar-refractivity contribution >= 4 is 23.8 Å². The number of ether oxygens (including phenoxy) is 4. The molecule has 3 rings (SSSR count). The number of benzene rings is 3. The summed E-state index contributed by atoms with van der Waals surface area (Å²) in [5.74, 6) is -1.08. The monoisotopic (exact) mass is 533 g/mol. The molecular weight excluding hydrogens is 502 g/mol. The number of esters is 2. The molecule has 0 radical (unpaired) electrons. The number of amides is 1. The molecule has 0 saturated heterocycles. The number of carbonyl (C=O) groups excluding carboxylic acids is 4. The van der Waals surface area contributed by atoms with Crippen LogP contribution in [0.4, 0.5) is 4.79 Å². The minimum atomic E-state index is -1.02. The van der Waals surface area contributed by atoms with E-state index in [0.717, 1.165) is 11.1 Å². The molecule has 0 heterocycles. The van der Waals surface area contributed by atoms with Crippen molar-refractivity contribution in [1.29, 1.82) is 0 Å². The van der Waals surface area contributed by atoms with Crippen molar-refractivity contribution in [2.24, 2.45) is 0 Å². The van der Waals surface area contributed by atoms with Gasteiger partial charge in [-0.15, -0.1) is 0 Å². The second-order valence-electron chi connectivity index (χ2n) is 8.59. The Morgan fingerprint density at radius 3 is 2.05 bits per heavy atom. The van der Waals surface area contributed by atoms with Crippen LogP contribution in [0.1, 0.15) is 27.9 Å². The molecule has 9 nitrogen and oxygen atoms in total. The lowest BCUT2D eigenvalue weighted by Gasteiger charge is -2.26. The number of methoxy groups -OCH3 is 1. The summed E-state index contributed by atoms with van der Waals surface area (Å²) in [6, 6.07) is 23.7. The van der Waals surface area contributed by atoms with E-state index in [1.54, 1.807) is 61.7 Å². The van der Waals surface area contributed by atoms with Gasteiger partial charge in [-0.2, -0.15) is 0 Å². The largest absolute Gasteiger partial charge is 0.497 e. The minimum Gasteiger partial charge on any atom is -0.497 e. The molecule has 39 heavy (non-hydrogen) atoms. The van der Waals surface area contributed by atoms with Gasteiger partial charge in [0.1, 0.15) is 25.0 Å². The second kappa shape index (κ2) is 14.9. The van der Waals surface area contributed by atoms with E-state index < -0.39 is 30.7 Å². The van der Waals surface area contributed by atoms with Gasteiger partial charge in [-0.05, 0) is 23.3 Å². The first kappa shape index (κ1) is 28.9. The Balaban J connectivity index is 1.56. The number of likely N-dealkylation sites (N-methyl/N-ethyl adjacent to an activating group) is 1. The Morgan fingerprint density at radius 1 is 0.769 bits per heavy atom. The highest BCUT2D eigenvalue weighted by molar-refractivity contribution is 5.97. The van der Waals surface area contributed by atoms with Crippen LogP contribution in [0.3, 0.4) is 0 Å². The van der Waals surface area contributed by atoms with Crippen molar-refractivity contribution < 1.29 is 38.1 Å². The van der Waals surface area contributed by atoms with E-state index in [4.69, 9.17) is 18.9 Å². The molecule has 204 valence electrons. The second-order valence-corrected chi connectivity index (χ2v) is 8.59. The third-order valence-corrected chi connectivity index (χ3v) is 5.83. The average Bonchev–Trinajstić information content (AvgIpc) is 2.98. The van der Waals surface area contributed by atoms with Crippen LogP contribution in [0, 0.1) is 0 Å². The highest BCUT2D eigenvalue weighted by Crippen LogP contribution is 2.16. The van der Waals surface area contributed by atoms with Crippen molar-refractivity contribution in [3.8, 4) is 5.75 Å². The molecule has 0 N–H and O–H groups in total. The van der Waals surface area contributed by atoms with Crippen molar-refractivity contribution in [3.05, 3.63) is 102 Å². The first-order chi connectivity index (χ1) is 18.9. The van der Waals surface area contributed by atoms with E-state index in [1.165, 1.54) is 11.9 Å². The van der Waals surface area contributed by atoms with Crippen LogP contribution in [-0.4, -0.2) is 62.1 Å². The first-order valence-electron chi connectivity index (χ1n) is 12.3. The molecule has 0 aliphatic heterocycles. The van der Waals surface area contributed by atoms with Gasteiger partial charge in [-0.1, -0.05) is 72.8 Å². The number of carbonyl (C=O) groups is 4. The fourth-order valence-corrected chi connectivity index (χ4v) is 3.57. The highest BCUT2D eigenvalue weighted by atomic mass is 16.6. The Morgan fingerprint density at radius 2 is 1.41 bits per heavy atom. The zero-order valence-electron chi connectivity index (χ0n) is 21.9. The van der Waals surface area contributed by atoms with Crippen LogP contribution >= 0.6 is 0 Å². The highest BCUT2D eigenvalue weighted by Gasteiger charge is 2.30. The SMILES string of the molecule is COc1ccc(CC(C(=O)OCCC(=O)OCC(=O)c2ccccc2)N(C)C(=O)OCc2ccccc2)cc1. The van der Waals surface area contributed by atoms with E-state index >= 15 is 0 Å². The van der Waals surface area contributed by atoms with E-state index in [0.29, 0.717) is 11.3 Å². The summed E-state index contributed by atoms with van der Waals surface area (Å²) in [4.78, 5) is 51.1. The van der Waals surface area contributed by atoms with Gasteiger partial charge in [0.15, 0.2) is 12.4 Å². The number of Topliss-reactive ketones (excluding diaryl/α,β-unsaturated/α-hetero) is 1. The molecule has 3 aromatic rings. The van der Waals surface area contributed by atoms with Gasteiger partial charge < -0.3 is 18.9 Å². The molecular formula is C30H31NO8. The summed E-state index contributed by atoms with van der Waals surface area (Å²) in [5, 5.41) is 0. The third kappa shape index (κ3) is 9.30. The van der Waals surface area contributed by atoms with Crippen LogP contribution in [0.25, 0.3) is 0 Å². The van der Waals surface area contributed by atoms with Crippen LogP contribution < -0.4 is 4.74 Å². The molecule has 0 saturated carbocycles. The van der Waals surface area contributed by atoms with Gasteiger partial charge in [-0.3, -0.25) is 14.5 Å². The summed E-state index contributed by atoms with van der Waals surface area (Å²) >= 11 is 0. The van der Waals surface area contributed by atoms with Crippen molar-refractivity contribution in [2.45, 2.75) is 25.5 Å². The number of rotatable bonds is 13. The molecule has 1 atom stereocenters. The topological polar surface area (TPSA) is 108 Å². The van der Waals surface area contributed by atoms with Gasteiger partial charge in [-0.25, -0.2) is 9.59 Å². The van der Waals surface area contributed by atoms with Crippen LogP contribution in [0.2, 0.25) is 0 Å². The van der Waals surface area contributed by atoms with Gasteiger partial charge in [0.25, 0.3) is 0 Å². The van der Waals surface area contributed by atoms with E-state index in [9.17, 15) is 19.2 Å². The Hall–Kier alpha value is -4.66. The zero-order valence-corrected chi connectivity index (χ0v) is 21.9. The summed E-state index contributed by atoms with van der Waals surface area (Å²) in [5.41, 5.74) is 2.00. The summed E-state index contributed by atoms with van der Waals surface area (Å²) in [6.07, 6.45) is -0.797. The maximum atomic E-state index is 13.0. The third-order valence-electron chi connectivity index (χ3n) is 5.83. The number of hydrogen-bond donors (Lipinski definition) is 0. The molecule has 0 aliphatic carbocycles. The summed E-state index contributed by atoms with van der Waals surface area (Å²) in [6.45, 7) is -0.641. The Kier molecular flexibility index (Phi) is 11.1. The van der Waals surface area contributed by atoms with Gasteiger partial charge >= 0.3 is 18.0 Å². The number of ketones is 1. The standard InChI is InChI=1S/C30H31NO8/c1-31(30(35)39-20-23-9-5-3-6-10-23)26(19-22-13-15-25(36-2)16-14-22)29(34)37-18-17-28(33)38-21-27(32)24-11-7-4-8-12-24/h3-16,26H,17-21H2,1-2H3. The molecule has 0 fully saturated rings. The molecule has 9 heteroatoms. The zero-order chi connectivity index (χ0) is 28.0. The minimum absolute atomic E-state index is 0.0435. The lowest BCUT2D eigenvalue weighted by molar-refractivity contribution is -0.152. The predicted molar refractivity (Wildman–Crippen MR) is 142 cm³/mol. The van der Waals surface area contributed by atoms with E-state index in [2.05, 4.69) is 0 Å². The van der Waals surface area contributed by atoms with Crippen molar-refractivity contribution in [3.63, 3.8) is 0 Å². The Bertz CT molecular complexity index is 1230. The molecule has 0 aromatic heterocycles. The molecule has 0 aliphatic rings. The van der Waals surface area contributed by atoms with Crippen LogP contribution in [-0.2, 0) is 36.8 Å². The molecule has 3 aromatic carbocycles. The lowest BCUT2D eigenvalue weighted by atomic mass is 10.0. The smallest absolute Gasteiger partial charge is 0.410 e. The maximum Gasteiger partial charge on any atom is 0.410 e. The average molecular weight is 534 g/mol. The van der Waals surface area contributed by atoms with Gasteiger partial charge in [0.2, 0.25) is 0 Å². The maximum absolute atomic E-state index is 13.0.